The number of nitrogens with zero attached hydrogens (tertiary/aromatic N) is 2. The highest BCUT2D eigenvalue weighted by atomic mass is 16.5. The van der Waals surface area contributed by atoms with Crippen LogP contribution in [0, 0.1) is 0 Å². The van der Waals surface area contributed by atoms with E-state index >= 15 is 0 Å². The van der Waals surface area contributed by atoms with Crippen molar-refractivity contribution in [1.29, 1.82) is 0 Å². The Kier molecular flexibility index (Phi) is 8.10. The van der Waals surface area contributed by atoms with Gasteiger partial charge in [-0.1, -0.05) is 30.3 Å². The quantitative estimate of drug-likeness (QED) is 0.439. The molecule has 158 valence electrons. The van der Waals surface area contributed by atoms with Gasteiger partial charge in [-0.05, 0) is 24.6 Å². The third-order valence-corrected chi connectivity index (χ3v) is 4.81. The van der Waals surface area contributed by atoms with Crippen LogP contribution >= 0.6 is 0 Å². The fourth-order valence-electron chi connectivity index (χ4n) is 3.26. The molecule has 1 fully saturated rings. The summed E-state index contributed by atoms with van der Waals surface area (Å²) in [6.07, 6.45) is 2.45. The fourth-order valence-corrected chi connectivity index (χ4v) is 3.26. The van der Waals surface area contributed by atoms with Gasteiger partial charge in [0.05, 0.1) is 31.6 Å². The van der Waals surface area contributed by atoms with Gasteiger partial charge in [-0.2, -0.15) is 0 Å². The minimum absolute atomic E-state index is 0.408. The molecular formula is C22H32N4O3. The monoisotopic (exact) mass is 400 g/mol. The Balaban J connectivity index is 1.53. The number of hydrogen-bond acceptors (Lipinski definition) is 5. The average Bonchev–Trinajstić information content (AvgIpc) is 3.24. The maximum absolute atomic E-state index is 10.8. The molecule has 7 heteroatoms. The lowest BCUT2D eigenvalue weighted by molar-refractivity contribution is -0.0201. The zero-order valence-corrected chi connectivity index (χ0v) is 17.1. The Morgan fingerprint density at radius 1 is 1.14 bits per heavy atom. The largest absolute Gasteiger partial charge is 0.469 e. The van der Waals surface area contributed by atoms with Crippen molar-refractivity contribution >= 4 is 5.96 Å². The van der Waals surface area contributed by atoms with Crippen LogP contribution in [0.3, 0.4) is 0 Å². The molecule has 29 heavy (non-hydrogen) atoms. The van der Waals surface area contributed by atoms with E-state index in [0.29, 0.717) is 32.1 Å². The Morgan fingerprint density at radius 3 is 2.66 bits per heavy atom. The summed E-state index contributed by atoms with van der Waals surface area (Å²) in [5.74, 6) is 1.61. The number of rotatable bonds is 9. The summed E-state index contributed by atoms with van der Waals surface area (Å²) in [5.41, 5.74) is 0.271. The molecule has 3 N–H and O–H groups in total. The number of morpholine rings is 1. The molecule has 1 aromatic heterocycles. The maximum atomic E-state index is 10.8. The Labute approximate surface area is 172 Å². The van der Waals surface area contributed by atoms with Gasteiger partial charge in [0.1, 0.15) is 5.76 Å². The van der Waals surface area contributed by atoms with Crippen molar-refractivity contribution in [2.24, 2.45) is 4.99 Å². The minimum atomic E-state index is -0.868. The molecule has 0 aliphatic carbocycles. The predicted octanol–water partition coefficient (Wildman–Crippen LogP) is 1.64. The summed E-state index contributed by atoms with van der Waals surface area (Å²) in [6, 6.07) is 14.0. The topological polar surface area (TPSA) is 82.3 Å². The van der Waals surface area contributed by atoms with Crippen LogP contribution in [0.5, 0.6) is 0 Å². The number of guanidine groups is 1. The number of β-amino-alcohol motifs (C(OH)–C–C–N with tert-alkyl or cyclic N) is 1. The van der Waals surface area contributed by atoms with Crippen molar-refractivity contribution in [2.75, 3.05) is 45.9 Å². The van der Waals surface area contributed by atoms with Gasteiger partial charge in [0, 0.05) is 39.1 Å². The van der Waals surface area contributed by atoms with Crippen molar-refractivity contribution in [2.45, 2.75) is 25.5 Å². The van der Waals surface area contributed by atoms with Crippen molar-refractivity contribution in [1.82, 2.24) is 15.5 Å². The fraction of sp³-hybridized carbons (Fsp3) is 0.500. The van der Waals surface area contributed by atoms with E-state index in [2.05, 4.69) is 32.7 Å². The highest BCUT2D eigenvalue weighted by Crippen LogP contribution is 2.08. The molecule has 1 atom stereocenters. The van der Waals surface area contributed by atoms with E-state index in [0.717, 1.165) is 44.0 Å². The summed E-state index contributed by atoms with van der Waals surface area (Å²) < 4.78 is 10.8. The highest BCUT2D eigenvalue weighted by Gasteiger charge is 2.25. The minimum Gasteiger partial charge on any atom is -0.469 e. The first-order chi connectivity index (χ1) is 14.1. The van der Waals surface area contributed by atoms with Gasteiger partial charge in [-0.15, -0.1) is 0 Å². The maximum Gasteiger partial charge on any atom is 0.191 e. The van der Waals surface area contributed by atoms with Crippen LogP contribution in [-0.2, 0) is 17.7 Å². The van der Waals surface area contributed by atoms with Crippen LogP contribution in [0.4, 0.5) is 0 Å². The molecule has 1 aliphatic heterocycles. The molecule has 7 nitrogen and oxygen atoms in total. The smallest absolute Gasteiger partial charge is 0.191 e. The van der Waals surface area contributed by atoms with Crippen molar-refractivity contribution in [3.63, 3.8) is 0 Å². The molecule has 1 aromatic carbocycles. The van der Waals surface area contributed by atoms with Crippen LogP contribution in [0.2, 0.25) is 0 Å². The number of nitrogens with one attached hydrogen (secondary N) is 2. The molecular weight excluding hydrogens is 368 g/mol. The van der Waals surface area contributed by atoms with Crippen LogP contribution < -0.4 is 10.6 Å². The Morgan fingerprint density at radius 2 is 1.93 bits per heavy atom. The number of aliphatic imine (C=N–C) groups is 1. The first kappa shape index (κ1) is 21.4. The number of ether oxygens (including phenoxy) is 1. The molecule has 0 radical (unpaired) electrons. The van der Waals surface area contributed by atoms with E-state index in [1.165, 1.54) is 0 Å². The summed E-state index contributed by atoms with van der Waals surface area (Å²) in [7, 11) is 0. The zero-order valence-electron chi connectivity index (χ0n) is 17.1. The van der Waals surface area contributed by atoms with Crippen molar-refractivity contribution in [3.8, 4) is 0 Å². The van der Waals surface area contributed by atoms with E-state index in [1.54, 1.807) is 6.26 Å². The van der Waals surface area contributed by atoms with Crippen LogP contribution in [0.1, 0.15) is 18.2 Å². The lowest BCUT2D eigenvalue weighted by Gasteiger charge is -2.34. The van der Waals surface area contributed by atoms with Gasteiger partial charge in [0.25, 0.3) is 0 Å². The van der Waals surface area contributed by atoms with Gasteiger partial charge < -0.3 is 24.9 Å². The van der Waals surface area contributed by atoms with E-state index < -0.39 is 5.60 Å². The molecule has 0 saturated carbocycles. The molecule has 0 bridgehead atoms. The standard InChI is InChI=1S/C22H32N4O3/c1-22(27,18-26-11-14-28-15-12-26)17-25-21(23-10-9-20-8-5-13-29-20)24-16-19-6-3-2-4-7-19/h2-8,13,27H,9-12,14-18H2,1H3,(H2,23,24,25). The van der Waals surface area contributed by atoms with Crippen LogP contribution in [0.25, 0.3) is 0 Å². The van der Waals surface area contributed by atoms with E-state index in [1.807, 2.05) is 37.3 Å². The SMILES string of the molecule is CC(O)(CNC(=NCc1ccccc1)NCCc1ccco1)CN1CCOCC1. The highest BCUT2D eigenvalue weighted by molar-refractivity contribution is 5.79. The molecule has 0 spiro atoms. The molecule has 2 heterocycles. The van der Waals surface area contributed by atoms with E-state index in [4.69, 9.17) is 9.15 Å². The van der Waals surface area contributed by atoms with Gasteiger partial charge >= 0.3 is 0 Å². The Bertz CT molecular complexity index is 726. The average molecular weight is 401 g/mol. The molecule has 0 amide bonds. The summed E-state index contributed by atoms with van der Waals surface area (Å²) in [6.45, 7) is 7.28. The second-order valence-corrected chi connectivity index (χ2v) is 7.65. The van der Waals surface area contributed by atoms with Crippen LogP contribution in [0.15, 0.2) is 58.1 Å². The van der Waals surface area contributed by atoms with Gasteiger partial charge in [0.15, 0.2) is 5.96 Å². The number of benzene rings is 1. The van der Waals surface area contributed by atoms with E-state index in [-0.39, 0.29) is 0 Å². The number of furan rings is 1. The van der Waals surface area contributed by atoms with Gasteiger partial charge in [-0.3, -0.25) is 4.90 Å². The molecule has 3 rings (SSSR count). The number of aliphatic hydroxyl groups is 1. The second-order valence-electron chi connectivity index (χ2n) is 7.65. The number of hydrogen-bond donors (Lipinski definition) is 3. The summed E-state index contributed by atoms with van der Waals surface area (Å²) in [5, 5.41) is 17.5. The zero-order chi connectivity index (χ0) is 20.4. The van der Waals surface area contributed by atoms with Crippen molar-refractivity contribution in [3.05, 3.63) is 60.1 Å². The van der Waals surface area contributed by atoms with Gasteiger partial charge in [-0.25, -0.2) is 4.99 Å². The second kappa shape index (κ2) is 11.0. The normalized spacial score (nSPS) is 17.7. The summed E-state index contributed by atoms with van der Waals surface area (Å²) >= 11 is 0. The van der Waals surface area contributed by atoms with Crippen molar-refractivity contribution < 1.29 is 14.3 Å². The first-order valence-corrected chi connectivity index (χ1v) is 10.2. The first-order valence-electron chi connectivity index (χ1n) is 10.2. The Hall–Kier alpha value is -2.35. The van der Waals surface area contributed by atoms with Crippen LogP contribution in [-0.4, -0.2) is 67.5 Å². The molecule has 1 saturated heterocycles. The summed E-state index contributed by atoms with van der Waals surface area (Å²) in [4.78, 5) is 6.91. The molecule has 2 aromatic rings. The third-order valence-electron chi connectivity index (χ3n) is 4.81. The lowest BCUT2D eigenvalue weighted by atomic mass is 10.1. The van der Waals surface area contributed by atoms with Gasteiger partial charge in [0.2, 0.25) is 0 Å². The third kappa shape index (κ3) is 7.89. The predicted molar refractivity (Wildman–Crippen MR) is 114 cm³/mol. The lowest BCUT2D eigenvalue weighted by Crippen LogP contribution is -2.53. The van der Waals surface area contributed by atoms with E-state index in [9.17, 15) is 5.11 Å². The molecule has 1 unspecified atom stereocenters. The molecule has 1 aliphatic rings.